The molecule has 0 bridgehead atoms. The van der Waals surface area contributed by atoms with Gasteiger partial charge in [-0.2, -0.15) is 10.2 Å². The van der Waals surface area contributed by atoms with Crippen molar-refractivity contribution in [2.24, 2.45) is 10.2 Å². The van der Waals surface area contributed by atoms with Gasteiger partial charge in [-0.25, -0.2) is 0 Å². The summed E-state index contributed by atoms with van der Waals surface area (Å²) in [6.07, 6.45) is 3.56. The van der Waals surface area contributed by atoms with Crippen molar-refractivity contribution in [2.45, 2.75) is 0 Å². The highest BCUT2D eigenvalue weighted by Gasteiger charge is 2.01. The van der Waals surface area contributed by atoms with Crippen molar-refractivity contribution in [1.29, 1.82) is 0 Å². The number of hydrazone groups is 2. The van der Waals surface area contributed by atoms with Crippen molar-refractivity contribution in [3.05, 3.63) is 108 Å². The zero-order valence-electron chi connectivity index (χ0n) is 19.1. The monoisotopic (exact) mass is 450 g/mol. The van der Waals surface area contributed by atoms with E-state index in [1.54, 1.807) is 26.6 Å². The van der Waals surface area contributed by atoms with Gasteiger partial charge >= 0.3 is 0 Å². The van der Waals surface area contributed by atoms with Crippen LogP contribution in [0.25, 0.3) is 11.1 Å². The van der Waals surface area contributed by atoms with Crippen LogP contribution in [0.2, 0.25) is 0 Å². The van der Waals surface area contributed by atoms with Gasteiger partial charge in [-0.1, -0.05) is 72.8 Å². The summed E-state index contributed by atoms with van der Waals surface area (Å²) >= 11 is 0. The maximum Gasteiger partial charge on any atom is 0.143 e. The molecule has 4 aromatic carbocycles. The highest BCUT2D eigenvalue weighted by molar-refractivity contribution is 5.83. The molecule has 170 valence electrons. The molecule has 34 heavy (non-hydrogen) atoms. The van der Waals surface area contributed by atoms with Gasteiger partial charge in [-0.15, -0.1) is 0 Å². The molecule has 6 heteroatoms. The second-order valence-corrected chi connectivity index (χ2v) is 7.38. The average molecular weight is 451 g/mol. The number of methoxy groups -OCH3 is 2. The van der Waals surface area contributed by atoms with Crippen molar-refractivity contribution in [2.75, 3.05) is 25.1 Å². The van der Waals surface area contributed by atoms with E-state index in [9.17, 15) is 0 Å². The zero-order chi connectivity index (χ0) is 23.6. The molecule has 0 heterocycles. The number of benzene rings is 4. The van der Waals surface area contributed by atoms with Crippen molar-refractivity contribution in [3.8, 4) is 22.6 Å². The summed E-state index contributed by atoms with van der Waals surface area (Å²) in [7, 11) is 3.28. The van der Waals surface area contributed by atoms with Crippen LogP contribution >= 0.6 is 0 Å². The normalized spacial score (nSPS) is 11.0. The smallest absolute Gasteiger partial charge is 0.143 e. The molecule has 0 spiro atoms. The Morgan fingerprint density at radius 2 is 0.912 bits per heavy atom. The largest absolute Gasteiger partial charge is 0.495 e. The minimum atomic E-state index is 0.749. The molecule has 0 fully saturated rings. The molecule has 2 N–H and O–H groups in total. The number of nitrogens with zero attached hydrogens (tertiary/aromatic N) is 2. The molecule has 0 amide bonds. The van der Waals surface area contributed by atoms with Gasteiger partial charge in [0.05, 0.1) is 38.0 Å². The van der Waals surface area contributed by atoms with Crippen molar-refractivity contribution < 1.29 is 9.47 Å². The fourth-order valence-electron chi connectivity index (χ4n) is 3.35. The fourth-order valence-corrected chi connectivity index (χ4v) is 3.35. The van der Waals surface area contributed by atoms with Crippen LogP contribution in [-0.4, -0.2) is 26.6 Å². The Hall–Kier alpha value is -4.58. The average Bonchev–Trinajstić information content (AvgIpc) is 2.90. The third-order valence-corrected chi connectivity index (χ3v) is 5.17. The Morgan fingerprint density at radius 3 is 1.29 bits per heavy atom. The van der Waals surface area contributed by atoms with Crippen molar-refractivity contribution in [1.82, 2.24) is 0 Å². The number of hydrogen-bond donors (Lipinski definition) is 2. The van der Waals surface area contributed by atoms with E-state index in [-0.39, 0.29) is 0 Å². The molecule has 4 aromatic rings. The minimum Gasteiger partial charge on any atom is -0.495 e. The third-order valence-electron chi connectivity index (χ3n) is 5.17. The first-order valence-electron chi connectivity index (χ1n) is 10.8. The quantitative estimate of drug-likeness (QED) is 0.233. The molecular formula is C28H26N4O2. The minimum absolute atomic E-state index is 0.749. The molecule has 4 rings (SSSR count). The van der Waals surface area contributed by atoms with E-state index in [2.05, 4.69) is 45.3 Å². The van der Waals surface area contributed by atoms with Crippen molar-refractivity contribution in [3.63, 3.8) is 0 Å². The summed E-state index contributed by atoms with van der Waals surface area (Å²) in [5, 5.41) is 8.62. The predicted molar refractivity (Wildman–Crippen MR) is 140 cm³/mol. The van der Waals surface area contributed by atoms with Crippen LogP contribution in [0.5, 0.6) is 11.5 Å². The topological polar surface area (TPSA) is 67.2 Å². The predicted octanol–water partition coefficient (Wildman–Crippen LogP) is 6.26. The van der Waals surface area contributed by atoms with Crippen LogP contribution in [0.15, 0.2) is 107 Å². The van der Waals surface area contributed by atoms with E-state index in [4.69, 9.17) is 9.47 Å². The molecule has 0 aliphatic rings. The number of nitrogens with one attached hydrogen (secondary N) is 2. The fraction of sp³-hybridized carbons (Fsp3) is 0.0714. The number of rotatable bonds is 9. The van der Waals surface area contributed by atoms with Gasteiger partial charge in [-0.3, -0.25) is 10.9 Å². The van der Waals surface area contributed by atoms with Crippen LogP contribution in [-0.2, 0) is 0 Å². The third kappa shape index (κ3) is 5.81. The Bertz CT molecular complexity index is 1170. The van der Waals surface area contributed by atoms with Crippen LogP contribution in [0.4, 0.5) is 11.4 Å². The summed E-state index contributed by atoms with van der Waals surface area (Å²) in [6.45, 7) is 0. The molecule has 0 aliphatic heterocycles. The Morgan fingerprint density at radius 1 is 0.529 bits per heavy atom. The van der Waals surface area contributed by atoms with Crippen LogP contribution in [0.3, 0.4) is 0 Å². The molecular weight excluding hydrogens is 424 g/mol. The van der Waals surface area contributed by atoms with E-state index in [0.717, 1.165) is 45.1 Å². The molecule has 0 atom stereocenters. The Kier molecular flexibility index (Phi) is 7.54. The second-order valence-electron chi connectivity index (χ2n) is 7.38. The summed E-state index contributed by atoms with van der Waals surface area (Å²) in [5.74, 6) is 1.50. The summed E-state index contributed by atoms with van der Waals surface area (Å²) in [5.41, 5.74) is 11.9. The van der Waals surface area contributed by atoms with E-state index in [1.807, 2.05) is 72.8 Å². The van der Waals surface area contributed by atoms with E-state index < -0.39 is 0 Å². The van der Waals surface area contributed by atoms with Gasteiger partial charge in [0.15, 0.2) is 0 Å². The number of anilines is 2. The molecule has 0 unspecified atom stereocenters. The van der Waals surface area contributed by atoms with Crippen LogP contribution < -0.4 is 20.3 Å². The molecule has 0 radical (unpaired) electrons. The standard InChI is InChI=1S/C28H26N4O2/c1-33-27-9-5-3-7-25(27)31-29-19-21-11-15-23(16-12-21)24-17-13-22(14-18-24)20-30-32-26-8-4-6-10-28(26)34-2/h3-20,31-32H,1-2H3/b29-19+,30-20+. The van der Waals surface area contributed by atoms with Gasteiger partial charge < -0.3 is 9.47 Å². The molecule has 0 aromatic heterocycles. The highest BCUT2D eigenvalue weighted by Crippen LogP contribution is 2.24. The Balaban J connectivity index is 1.35. The maximum absolute atomic E-state index is 5.32. The molecule has 0 saturated carbocycles. The summed E-state index contributed by atoms with van der Waals surface area (Å²) in [6, 6.07) is 31.8. The summed E-state index contributed by atoms with van der Waals surface area (Å²) in [4.78, 5) is 0. The van der Waals surface area contributed by atoms with Gasteiger partial charge in [0.2, 0.25) is 0 Å². The van der Waals surface area contributed by atoms with Gasteiger partial charge in [0, 0.05) is 0 Å². The lowest BCUT2D eigenvalue weighted by Gasteiger charge is -2.07. The number of ether oxygens (including phenoxy) is 2. The van der Waals surface area contributed by atoms with Crippen molar-refractivity contribution >= 4 is 23.8 Å². The van der Waals surface area contributed by atoms with Crippen LogP contribution in [0.1, 0.15) is 11.1 Å². The Labute approximate surface area is 199 Å². The molecule has 0 aliphatic carbocycles. The number of hydrogen-bond acceptors (Lipinski definition) is 6. The first kappa shape index (κ1) is 22.6. The van der Waals surface area contributed by atoms with E-state index >= 15 is 0 Å². The van der Waals surface area contributed by atoms with Gasteiger partial charge in [0.1, 0.15) is 11.5 Å². The molecule has 6 nitrogen and oxygen atoms in total. The van der Waals surface area contributed by atoms with E-state index in [1.165, 1.54) is 0 Å². The first-order valence-corrected chi connectivity index (χ1v) is 10.8. The maximum atomic E-state index is 5.32. The highest BCUT2D eigenvalue weighted by atomic mass is 16.5. The SMILES string of the molecule is COc1ccccc1N/N=C/c1ccc(-c2ccc(/C=N/Nc3ccccc3OC)cc2)cc1. The van der Waals surface area contributed by atoms with Gasteiger partial charge in [0.25, 0.3) is 0 Å². The number of para-hydroxylation sites is 4. The van der Waals surface area contributed by atoms with Crippen LogP contribution in [0, 0.1) is 0 Å². The van der Waals surface area contributed by atoms with Gasteiger partial charge in [-0.05, 0) is 46.5 Å². The van der Waals surface area contributed by atoms with E-state index in [0.29, 0.717) is 0 Å². The lowest BCUT2D eigenvalue weighted by molar-refractivity contribution is 0.416. The first-order chi connectivity index (χ1) is 16.8. The molecule has 0 saturated heterocycles. The summed E-state index contributed by atoms with van der Waals surface area (Å²) < 4.78 is 10.6. The lowest BCUT2D eigenvalue weighted by Crippen LogP contribution is -1.94. The lowest BCUT2D eigenvalue weighted by atomic mass is 10.0. The zero-order valence-corrected chi connectivity index (χ0v) is 19.1. The second kappa shape index (κ2) is 11.3.